The number of hydrogen-bond acceptors (Lipinski definition) is 2. The van der Waals surface area contributed by atoms with Crippen LogP contribution in [0, 0.1) is 0 Å². The lowest BCUT2D eigenvalue weighted by molar-refractivity contribution is 0.767. The monoisotopic (exact) mass is 298 g/mol. The number of hydrogen-bond donors (Lipinski definition) is 1. The Bertz CT molecular complexity index is 855. The molecule has 0 saturated heterocycles. The van der Waals surface area contributed by atoms with Crippen LogP contribution in [0.4, 0.5) is 0 Å². The van der Waals surface area contributed by atoms with Crippen molar-refractivity contribution < 1.29 is 0 Å². The van der Waals surface area contributed by atoms with Gasteiger partial charge >= 0.3 is 0 Å². The van der Waals surface area contributed by atoms with Crippen molar-refractivity contribution in [3.63, 3.8) is 0 Å². The van der Waals surface area contributed by atoms with E-state index >= 15 is 0 Å². The van der Waals surface area contributed by atoms with E-state index in [-0.39, 0.29) is 5.56 Å². The lowest BCUT2D eigenvalue weighted by atomic mass is 10.1. The van der Waals surface area contributed by atoms with E-state index in [0.29, 0.717) is 18.1 Å². The summed E-state index contributed by atoms with van der Waals surface area (Å²) in [4.78, 5) is 12.5. The Morgan fingerprint density at radius 3 is 2.67 bits per heavy atom. The number of aromatic nitrogens is 1. The lowest BCUT2D eigenvalue weighted by Crippen LogP contribution is -2.20. The van der Waals surface area contributed by atoms with E-state index in [1.165, 1.54) is 0 Å². The van der Waals surface area contributed by atoms with E-state index in [4.69, 9.17) is 17.3 Å². The van der Waals surface area contributed by atoms with Crippen molar-refractivity contribution in [1.82, 2.24) is 4.57 Å². The van der Waals surface area contributed by atoms with Crippen molar-refractivity contribution >= 4 is 22.4 Å². The van der Waals surface area contributed by atoms with Crippen molar-refractivity contribution in [2.75, 3.05) is 0 Å². The Morgan fingerprint density at radius 1 is 1.10 bits per heavy atom. The van der Waals surface area contributed by atoms with Crippen LogP contribution >= 0.6 is 11.6 Å². The maximum Gasteiger partial charge on any atom is 0.258 e. The molecular weight excluding hydrogens is 284 g/mol. The zero-order valence-electron chi connectivity index (χ0n) is 11.4. The summed E-state index contributed by atoms with van der Waals surface area (Å²) in [6.07, 6.45) is 1.80. The van der Waals surface area contributed by atoms with Gasteiger partial charge in [0.05, 0.1) is 6.54 Å². The molecule has 2 aromatic carbocycles. The van der Waals surface area contributed by atoms with Crippen LogP contribution in [0.2, 0.25) is 5.02 Å². The van der Waals surface area contributed by atoms with Gasteiger partial charge in [0.15, 0.2) is 0 Å². The number of fused-ring (bicyclic) bond motifs is 1. The molecule has 0 bridgehead atoms. The number of halogens is 1. The van der Waals surface area contributed by atoms with Gasteiger partial charge < -0.3 is 10.3 Å². The maximum absolute atomic E-state index is 12.5. The maximum atomic E-state index is 12.5. The molecule has 0 aliphatic carbocycles. The molecule has 4 heteroatoms. The van der Waals surface area contributed by atoms with Gasteiger partial charge in [-0.25, -0.2) is 0 Å². The SMILES string of the molecule is NCc1ccc(Cn2ccc3ccccc3c2=O)c(Cl)c1. The molecule has 0 spiro atoms. The predicted octanol–water partition coefficient (Wildman–Crippen LogP) is 3.16. The average molecular weight is 299 g/mol. The molecular formula is C17H15ClN2O. The molecule has 0 radical (unpaired) electrons. The highest BCUT2D eigenvalue weighted by Crippen LogP contribution is 2.19. The Balaban J connectivity index is 2.02. The second-order valence-corrected chi connectivity index (χ2v) is 5.37. The third-order valence-electron chi connectivity index (χ3n) is 3.58. The van der Waals surface area contributed by atoms with Gasteiger partial charge in [-0.3, -0.25) is 4.79 Å². The molecule has 1 heterocycles. The van der Waals surface area contributed by atoms with E-state index in [1.54, 1.807) is 10.8 Å². The summed E-state index contributed by atoms with van der Waals surface area (Å²) < 4.78 is 1.67. The van der Waals surface area contributed by atoms with E-state index in [0.717, 1.165) is 21.9 Å². The predicted molar refractivity (Wildman–Crippen MR) is 86.7 cm³/mol. The van der Waals surface area contributed by atoms with Gasteiger partial charge in [-0.1, -0.05) is 41.9 Å². The molecule has 3 rings (SSSR count). The van der Waals surface area contributed by atoms with Crippen LogP contribution in [-0.2, 0) is 13.1 Å². The van der Waals surface area contributed by atoms with Crippen LogP contribution in [0.5, 0.6) is 0 Å². The molecule has 0 fully saturated rings. The first kappa shape index (κ1) is 13.9. The molecule has 0 aliphatic heterocycles. The van der Waals surface area contributed by atoms with Gasteiger partial charge in [0, 0.05) is 23.2 Å². The number of nitrogens with two attached hydrogens (primary N) is 1. The van der Waals surface area contributed by atoms with Gasteiger partial charge in [0.1, 0.15) is 0 Å². The summed E-state index contributed by atoms with van der Waals surface area (Å²) in [7, 11) is 0. The van der Waals surface area contributed by atoms with Crippen LogP contribution in [0.3, 0.4) is 0 Å². The van der Waals surface area contributed by atoms with Crippen molar-refractivity contribution in [2.45, 2.75) is 13.1 Å². The minimum absolute atomic E-state index is 0.00734. The van der Waals surface area contributed by atoms with E-state index in [9.17, 15) is 4.79 Å². The fourth-order valence-corrected chi connectivity index (χ4v) is 2.65. The van der Waals surface area contributed by atoms with Gasteiger partial charge in [0.25, 0.3) is 5.56 Å². The summed E-state index contributed by atoms with van der Waals surface area (Å²) in [5, 5.41) is 2.30. The third kappa shape index (κ3) is 2.71. The molecule has 3 nitrogen and oxygen atoms in total. The Hall–Kier alpha value is -2.10. The van der Waals surface area contributed by atoms with Gasteiger partial charge in [-0.15, -0.1) is 0 Å². The minimum atomic E-state index is -0.00734. The van der Waals surface area contributed by atoms with Crippen LogP contribution in [0.25, 0.3) is 10.8 Å². The standard InChI is InChI=1S/C17H15ClN2O/c18-16-9-12(10-19)5-6-14(16)11-20-8-7-13-3-1-2-4-15(13)17(20)21/h1-9H,10-11,19H2. The van der Waals surface area contributed by atoms with E-state index in [1.807, 2.05) is 48.5 Å². The van der Waals surface area contributed by atoms with Crippen molar-refractivity contribution in [3.8, 4) is 0 Å². The molecule has 21 heavy (non-hydrogen) atoms. The molecule has 0 unspecified atom stereocenters. The molecule has 0 aliphatic rings. The minimum Gasteiger partial charge on any atom is -0.326 e. The third-order valence-corrected chi connectivity index (χ3v) is 3.93. The fourth-order valence-electron chi connectivity index (χ4n) is 2.38. The summed E-state index contributed by atoms with van der Waals surface area (Å²) in [5.41, 5.74) is 7.48. The van der Waals surface area contributed by atoms with Crippen LogP contribution in [-0.4, -0.2) is 4.57 Å². The van der Waals surface area contributed by atoms with Gasteiger partial charge in [0.2, 0.25) is 0 Å². The molecule has 1 aromatic heterocycles. The van der Waals surface area contributed by atoms with Crippen LogP contribution in [0.1, 0.15) is 11.1 Å². The molecule has 2 N–H and O–H groups in total. The zero-order chi connectivity index (χ0) is 14.8. The topological polar surface area (TPSA) is 48.0 Å². The first-order chi connectivity index (χ1) is 10.2. The lowest BCUT2D eigenvalue weighted by Gasteiger charge is -2.10. The average Bonchev–Trinajstić information content (AvgIpc) is 2.52. The summed E-state index contributed by atoms with van der Waals surface area (Å²) in [6, 6.07) is 15.2. The molecule has 3 aromatic rings. The number of benzene rings is 2. The second-order valence-electron chi connectivity index (χ2n) is 4.97. The summed E-state index contributed by atoms with van der Waals surface area (Å²) in [6.45, 7) is 0.906. The highest BCUT2D eigenvalue weighted by atomic mass is 35.5. The largest absolute Gasteiger partial charge is 0.326 e. The highest BCUT2D eigenvalue weighted by Gasteiger charge is 2.06. The highest BCUT2D eigenvalue weighted by molar-refractivity contribution is 6.31. The first-order valence-electron chi connectivity index (χ1n) is 6.74. The van der Waals surface area contributed by atoms with Crippen molar-refractivity contribution in [1.29, 1.82) is 0 Å². The quantitative estimate of drug-likeness (QED) is 0.807. The van der Waals surface area contributed by atoms with Crippen LogP contribution < -0.4 is 11.3 Å². The second kappa shape index (κ2) is 5.72. The normalized spacial score (nSPS) is 11.0. The number of nitrogens with zero attached hydrogens (tertiary/aromatic N) is 1. The smallest absolute Gasteiger partial charge is 0.258 e. The van der Waals surface area contributed by atoms with Gasteiger partial charge in [-0.05, 0) is 34.7 Å². The van der Waals surface area contributed by atoms with E-state index in [2.05, 4.69) is 0 Å². The van der Waals surface area contributed by atoms with Crippen molar-refractivity contribution in [2.24, 2.45) is 5.73 Å². The molecule has 106 valence electrons. The Morgan fingerprint density at radius 2 is 1.90 bits per heavy atom. The summed E-state index contributed by atoms with van der Waals surface area (Å²) >= 11 is 6.26. The molecule has 0 amide bonds. The zero-order valence-corrected chi connectivity index (χ0v) is 12.2. The van der Waals surface area contributed by atoms with E-state index < -0.39 is 0 Å². The van der Waals surface area contributed by atoms with Crippen LogP contribution in [0.15, 0.2) is 59.5 Å². The van der Waals surface area contributed by atoms with Crippen molar-refractivity contribution in [3.05, 3.63) is 81.2 Å². The first-order valence-corrected chi connectivity index (χ1v) is 7.12. The Kier molecular flexibility index (Phi) is 3.78. The summed E-state index contributed by atoms with van der Waals surface area (Å²) in [5.74, 6) is 0. The molecule has 0 atom stereocenters. The molecule has 0 saturated carbocycles. The number of rotatable bonds is 3. The Labute approximate surface area is 127 Å². The fraction of sp³-hybridized carbons (Fsp3) is 0.118. The van der Waals surface area contributed by atoms with Gasteiger partial charge in [-0.2, -0.15) is 0 Å². The number of pyridine rings is 1.